The van der Waals surface area contributed by atoms with E-state index in [2.05, 4.69) is 104 Å². The molecule has 2 aromatic rings. The maximum Gasteiger partial charge on any atom is 0.0985 e. The first kappa shape index (κ1) is 16.7. The molecule has 0 fully saturated rings. The van der Waals surface area contributed by atoms with Gasteiger partial charge >= 0.3 is 0 Å². The summed E-state index contributed by atoms with van der Waals surface area (Å²) in [4.78, 5) is 5.93. The Hall–Kier alpha value is -2.13. The summed E-state index contributed by atoms with van der Waals surface area (Å²) < 4.78 is 0. The third kappa shape index (κ3) is 3.68. The largest absolute Gasteiger partial charge is 0.378 e. The average molecular weight is 337 g/mol. The standard InChI is InChI=1S/C21H24N2S/c1-4-23-19-10-6-7-11-20(19)24-21(23)12-8-5-9-17-13-15-18(16-14-17)22(2)3/h5-16,21H,4H2,1-3H3. The van der Waals surface area contributed by atoms with E-state index in [9.17, 15) is 0 Å². The van der Waals surface area contributed by atoms with Gasteiger partial charge in [0.25, 0.3) is 0 Å². The summed E-state index contributed by atoms with van der Waals surface area (Å²) >= 11 is 1.92. The van der Waals surface area contributed by atoms with Gasteiger partial charge < -0.3 is 9.80 Å². The molecule has 0 spiro atoms. The van der Waals surface area contributed by atoms with Gasteiger partial charge in [-0.25, -0.2) is 0 Å². The number of rotatable bonds is 5. The highest BCUT2D eigenvalue weighted by Gasteiger charge is 2.26. The second-order valence-electron chi connectivity index (χ2n) is 5.99. The lowest BCUT2D eigenvalue weighted by atomic mass is 10.2. The Labute approximate surface area is 149 Å². The van der Waals surface area contributed by atoms with Crippen molar-refractivity contribution >= 4 is 29.2 Å². The first-order valence-corrected chi connectivity index (χ1v) is 9.21. The molecule has 3 heteroatoms. The minimum atomic E-state index is 0.383. The minimum Gasteiger partial charge on any atom is -0.378 e. The molecule has 0 amide bonds. The quantitative estimate of drug-likeness (QED) is 0.686. The zero-order valence-electron chi connectivity index (χ0n) is 14.5. The molecule has 2 nitrogen and oxygen atoms in total. The number of likely N-dealkylation sites (N-methyl/N-ethyl adjacent to an activating group) is 1. The first-order valence-electron chi connectivity index (χ1n) is 8.33. The summed E-state index contributed by atoms with van der Waals surface area (Å²) in [5, 5.41) is 0.383. The molecular weight excluding hydrogens is 312 g/mol. The van der Waals surface area contributed by atoms with E-state index in [-0.39, 0.29) is 0 Å². The van der Waals surface area contributed by atoms with E-state index in [0.29, 0.717) is 5.37 Å². The average Bonchev–Trinajstić information content (AvgIpc) is 2.96. The predicted octanol–water partition coefficient (Wildman–Crippen LogP) is 5.28. The van der Waals surface area contributed by atoms with Crippen LogP contribution >= 0.6 is 11.8 Å². The Morgan fingerprint density at radius 3 is 2.50 bits per heavy atom. The highest BCUT2D eigenvalue weighted by Crippen LogP contribution is 2.43. The lowest BCUT2D eigenvalue weighted by molar-refractivity contribution is 0.878. The summed E-state index contributed by atoms with van der Waals surface area (Å²) in [6, 6.07) is 17.2. The number of fused-ring (bicyclic) bond motifs is 1. The van der Waals surface area contributed by atoms with Crippen LogP contribution in [0.2, 0.25) is 0 Å². The molecule has 1 heterocycles. The number of hydrogen-bond donors (Lipinski definition) is 0. The van der Waals surface area contributed by atoms with Crippen molar-refractivity contribution < 1.29 is 0 Å². The molecule has 1 unspecified atom stereocenters. The van der Waals surface area contributed by atoms with Crippen LogP contribution in [0.4, 0.5) is 11.4 Å². The van der Waals surface area contributed by atoms with E-state index in [4.69, 9.17) is 0 Å². The summed E-state index contributed by atoms with van der Waals surface area (Å²) in [5.41, 5.74) is 3.80. The summed E-state index contributed by atoms with van der Waals surface area (Å²) in [6.45, 7) is 3.24. The number of anilines is 2. The van der Waals surface area contributed by atoms with E-state index >= 15 is 0 Å². The van der Waals surface area contributed by atoms with Gasteiger partial charge in [-0.1, -0.05) is 60.3 Å². The summed E-state index contributed by atoms with van der Waals surface area (Å²) in [7, 11) is 4.12. The van der Waals surface area contributed by atoms with Gasteiger partial charge in [0.05, 0.1) is 11.1 Å². The van der Waals surface area contributed by atoms with Crippen molar-refractivity contribution in [1.29, 1.82) is 0 Å². The fourth-order valence-corrected chi connectivity index (χ4v) is 4.11. The monoisotopic (exact) mass is 336 g/mol. The Balaban J connectivity index is 1.64. The molecule has 0 aliphatic carbocycles. The van der Waals surface area contributed by atoms with E-state index in [0.717, 1.165) is 6.54 Å². The fraction of sp³-hybridized carbons (Fsp3) is 0.238. The van der Waals surface area contributed by atoms with Crippen LogP contribution in [0.5, 0.6) is 0 Å². The Morgan fingerprint density at radius 1 is 1.04 bits per heavy atom. The number of allylic oxidation sites excluding steroid dienone is 2. The van der Waals surface area contributed by atoms with Crippen LogP contribution < -0.4 is 9.80 Å². The van der Waals surface area contributed by atoms with Crippen LogP contribution in [-0.4, -0.2) is 26.0 Å². The van der Waals surface area contributed by atoms with Crippen LogP contribution in [0.25, 0.3) is 6.08 Å². The molecule has 1 aliphatic rings. The third-order valence-electron chi connectivity index (χ3n) is 4.16. The molecule has 0 aromatic heterocycles. The van der Waals surface area contributed by atoms with Gasteiger partial charge in [-0.3, -0.25) is 0 Å². The van der Waals surface area contributed by atoms with Crippen LogP contribution in [0.1, 0.15) is 12.5 Å². The molecule has 0 bridgehead atoms. The fourth-order valence-electron chi connectivity index (χ4n) is 2.83. The number of hydrogen-bond acceptors (Lipinski definition) is 3. The van der Waals surface area contributed by atoms with Crippen LogP contribution in [-0.2, 0) is 0 Å². The van der Waals surface area contributed by atoms with E-state index in [1.165, 1.54) is 21.8 Å². The minimum absolute atomic E-state index is 0.383. The third-order valence-corrected chi connectivity index (χ3v) is 5.41. The van der Waals surface area contributed by atoms with Crippen molar-refractivity contribution in [3.63, 3.8) is 0 Å². The van der Waals surface area contributed by atoms with Crippen molar-refractivity contribution in [2.45, 2.75) is 17.2 Å². The molecule has 2 aromatic carbocycles. The highest BCUT2D eigenvalue weighted by atomic mass is 32.2. The molecule has 0 radical (unpaired) electrons. The second-order valence-corrected chi connectivity index (χ2v) is 7.15. The summed E-state index contributed by atoms with van der Waals surface area (Å²) in [6.07, 6.45) is 8.71. The molecule has 0 N–H and O–H groups in total. The highest BCUT2D eigenvalue weighted by molar-refractivity contribution is 8.00. The number of benzene rings is 2. The number of para-hydroxylation sites is 1. The van der Waals surface area contributed by atoms with Gasteiger partial charge in [0.1, 0.15) is 0 Å². The topological polar surface area (TPSA) is 6.48 Å². The van der Waals surface area contributed by atoms with E-state index in [1.54, 1.807) is 0 Å². The Morgan fingerprint density at radius 2 is 1.79 bits per heavy atom. The normalized spacial score (nSPS) is 17.0. The number of thioether (sulfide) groups is 1. The Kier molecular flexibility index (Phi) is 5.31. The van der Waals surface area contributed by atoms with Crippen molar-refractivity contribution in [2.75, 3.05) is 30.4 Å². The lowest BCUT2D eigenvalue weighted by Gasteiger charge is -2.22. The maximum absolute atomic E-state index is 2.44. The molecule has 124 valence electrons. The predicted molar refractivity (Wildman–Crippen MR) is 108 cm³/mol. The molecule has 0 saturated carbocycles. The molecule has 1 aliphatic heterocycles. The summed E-state index contributed by atoms with van der Waals surface area (Å²) in [5.74, 6) is 0. The smallest absolute Gasteiger partial charge is 0.0985 e. The van der Waals surface area contributed by atoms with Crippen molar-refractivity contribution in [3.05, 3.63) is 72.3 Å². The van der Waals surface area contributed by atoms with Gasteiger partial charge in [-0.05, 0) is 36.8 Å². The molecule has 1 atom stereocenters. The molecular formula is C21H24N2S. The SMILES string of the molecule is CCN1c2ccccc2SC1C=CC=Cc1ccc(N(C)C)cc1. The van der Waals surface area contributed by atoms with Crippen molar-refractivity contribution in [2.24, 2.45) is 0 Å². The van der Waals surface area contributed by atoms with Crippen LogP contribution in [0.15, 0.2) is 71.7 Å². The van der Waals surface area contributed by atoms with Crippen LogP contribution in [0.3, 0.4) is 0 Å². The van der Waals surface area contributed by atoms with E-state index < -0.39 is 0 Å². The molecule has 24 heavy (non-hydrogen) atoms. The second kappa shape index (κ2) is 7.63. The van der Waals surface area contributed by atoms with Gasteiger partial charge in [-0.2, -0.15) is 0 Å². The van der Waals surface area contributed by atoms with Gasteiger partial charge in [0.15, 0.2) is 0 Å². The zero-order chi connectivity index (χ0) is 16.9. The zero-order valence-corrected chi connectivity index (χ0v) is 15.3. The van der Waals surface area contributed by atoms with Gasteiger partial charge in [-0.15, -0.1) is 0 Å². The maximum atomic E-state index is 2.44. The van der Waals surface area contributed by atoms with Gasteiger partial charge in [0.2, 0.25) is 0 Å². The molecule has 0 saturated heterocycles. The Bertz CT molecular complexity index is 732. The van der Waals surface area contributed by atoms with Gasteiger partial charge in [0, 0.05) is 31.2 Å². The van der Waals surface area contributed by atoms with E-state index in [1.807, 2.05) is 11.8 Å². The lowest BCUT2D eigenvalue weighted by Crippen LogP contribution is -2.27. The first-order chi connectivity index (χ1) is 11.7. The van der Waals surface area contributed by atoms with Crippen LogP contribution in [0, 0.1) is 0 Å². The van der Waals surface area contributed by atoms with Crippen molar-refractivity contribution in [3.8, 4) is 0 Å². The number of nitrogens with zero attached hydrogens (tertiary/aromatic N) is 2. The van der Waals surface area contributed by atoms with Crippen molar-refractivity contribution in [1.82, 2.24) is 0 Å². The molecule has 3 rings (SSSR count).